The first-order valence-corrected chi connectivity index (χ1v) is 2.63. The molecule has 0 aromatic rings. The Balaban J connectivity index is 0. The quantitative estimate of drug-likeness (QED) is 0.176. The Hall–Kier alpha value is -0.723. The van der Waals surface area contributed by atoms with E-state index in [4.69, 9.17) is 0 Å². The van der Waals surface area contributed by atoms with E-state index >= 15 is 0 Å². The van der Waals surface area contributed by atoms with Crippen molar-refractivity contribution in [3.63, 3.8) is 0 Å². The number of hydrogen-bond donors (Lipinski definition) is 0. The molecule has 0 fully saturated rings. The largest absolute Gasteiger partial charge is 1.00 e. The van der Waals surface area contributed by atoms with Gasteiger partial charge in [0.2, 0.25) is 0 Å². The van der Waals surface area contributed by atoms with Crippen molar-refractivity contribution in [3.8, 4) is 0 Å². The van der Waals surface area contributed by atoms with Crippen molar-refractivity contribution in [2.45, 2.75) is 6.42 Å². The topological polar surface area (TPSA) is 66.4 Å². The Bertz CT molecular complexity index is 155. The summed E-state index contributed by atoms with van der Waals surface area (Å²) in [4.78, 5) is 20.1. The van der Waals surface area contributed by atoms with E-state index in [0.29, 0.717) is 0 Å². The summed E-state index contributed by atoms with van der Waals surface area (Å²) in [6.45, 7) is 3.31. The Morgan fingerprint density at radius 2 is 2.09 bits per heavy atom. The van der Waals surface area contributed by atoms with Gasteiger partial charge >= 0.3 is 24.8 Å². The van der Waals surface area contributed by atoms with Crippen molar-refractivity contribution in [2.75, 3.05) is 6.61 Å². The number of rotatable bonds is 4. The fraction of sp³-hybridized carbons (Fsp3) is 0.333. The molecule has 0 unspecified atom stereocenters. The predicted molar refractivity (Wildman–Crippen MR) is 30.8 cm³/mol. The van der Waals surface area contributed by atoms with E-state index in [0.717, 1.165) is 0 Å². The molecule has 0 radical (unpaired) electrons. The minimum Gasteiger partial charge on any atom is -0.550 e. The van der Waals surface area contributed by atoms with Crippen LogP contribution in [0.25, 0.3) is 0 Å². The number of carboxylic acids is 1. The van der Waals surface area contributed by atoms with Gasteiger partial charge in [-0.05, 0) is 0 Å². The van der Waals surface area contributed by atoms with E-state index < -0.39 is 18.4 Å². The van der Waals surface area contributed by atoms with Gasteiger partial charge in [-0.25, -0.2) is 0 Å². The van der Waals surface area contributed by atoms with Crippen LogP contribution >= 0.6 is 0 Å². The summed E-state index contributed by atoms with van der Waals surface area (Å²) < 4.78 is 4.32. The molecule has 0 aliphatic carbocycles. The third kappa shape index (κ3) is 9.28. The van der Waals surface area contributed by atoms with Gasteiger partial charge < -0.3 is 14.6 Å². The molecule has 0 rings (SSSR count). The molecule has 56 valence electrons. The number of carbonyl (C=O) groups is 2. The summed E-state index contributed by atoms with van der Waals surface area (Å²) in [5.74, 6) is -2.24. The van der Waals surface area contributed by atoms with Gasteiger partial charge in [0, 0.05) is 0 Å². The Labute approximate surface area is 76.4 Å². The van der Waals surface area contributed by atoms with Crippen LogP contribution in [0.2, 0.25) is 0 Å². The van der Waals surface area contributed by atoms with Crippen molar-refractivity contribution in [2.24, 2.45) is 0 Å². The monoisotopic (exact) mass is 150 g/mol. The average Bonchev–Trinajstić information content (AvgIpc) is 1.82. The first kappa shape index (κ1) is 12.9. The van der Waals surface area contributed by atoms with Crippen molar-refractivity contribution in [3.05, 3.63) is 12.7 Å². The molecule has 0 heterocycles. The van der Waals surface area contributed by atoms with Gasteiger partial charge in [-0.1, -0.05) is 12.7 Å². The van der Waals surface area contributed by atoms with Crippen LogP contribution in [0.15, 0.2) is 12.7 Å². The van der Waals surface area contributed by atoms with Gasteiger partial charge in [-0.2, -0.15) is 0 Å². The Morgan fingerprint density at radius 1 is 1.55 bits per heavy atom. The van der Waals surface area contributed by atoms with Crippen LogP contribution in [0.5, 0.6) is 0 Å². The summed E-state index contributed by atoms with van der Waals surface area (Å²) in [6.07, 6.45) is 0.654. The maximum absolute atomic E-state index is 10.3. The molecule has 0 aliphatic heterocycles. The van der Waals surface area contributed by atoms with Gasteiger partial charge in [-0.15, -0.1) is 0 Å². The van der Waals surface area contributed by atoms with Crippen LogP contribution in [0.4, 0.5) is 0 Å². The molecule has 0 atom stereocenters. The molecule has 11 heavy (non-hydrogen) atoms. The number of aliphatic carboxylic acids is 1. The second-order valence-electron chi connectivity index (χ2n) is 1.52. The van der Waals surface area contributed by atoms with Crippen LogP contribution in [0.3, 0.4) is 0 Å². The van der Waals surface area contributed by atoms with Crippen LogP contribution in [-0.4, -0.2) is 18.5 Å². The van der Waals surface area contributed by atoms with E-state index in [1.165, 1.54) is 6.08 Å². The number of carboxylic acid groups (broad SMARTS) is 1. The van der Waals surface area contributed by atoms with Crippen LogP contribution in [0.1, 0.15) is 6.42 Å². The summed E-state index contributed by atoms with van der Waals surface area (Å²) >= 11 is 0. The number of esters is 1. The van der Waals surface area contributed by atoms with Gasteiger partial charge in [0.1, 0.15) is 6.61 Å². The Morgan fingerprint density at radius 3 is 2.45 bits per heavy atom. The molecular weight excluding hydrogens is 143 g/mol. The van der Waals surface area contributed by atoms with Gasteiger partial charge in [0.05, 0.1) is 12.4 Å². The van der Waals surface area contributed by atoms with E-state index in [2.05, 4.69) is 11.3 Å². The van der Waals surface area contributed by atoms with Gasteiger partial charge in [0.15, 0.2) is 0 Å². The van der Waals surface area contributed by atoms with Crippen molar-refractivity contribution in [1.29, 1.82) is 0 Å². The fourth-order valence-electron chi connectivity index (χ4n) is 0.321. The molecule has 0 aromatic carbocycles. The van der Waals surface area contributed by atoms with Gasteiger partial charge in [-0.3, -0.25) is 4.79 Å². The van der Waals surface area contributed by atoms with E-state index in [1.54, 1.807) is 0 Å². The number of carbonyl (C=O) groups excluding carboxylic acids is 2. The summed E-state index contributed by atoms with van der Waals surface area (Å²) in [6, 6.07) is 0. The maximum atomic E-state index is 10.3. The molecule has 0 aromatic heterocycles. The molecule has 0 saturated carbocycles. The zero-order valence-corrected chi connectivity index (χ0v) is 6.33. The molecular formula is C6H7LiO4. The molecule has 0 bridgehead atoms. The first-order chi connectivity index (χ1) is 4.66. The standard InChI is InChI=1S/C6H8O4.Li/c1-2-3-10-6(9)4-5(7)8;/h2H,1,3-4H2,(H,7,8);/q;+1/p-1. The minimum absolute atomic E-state index is 0. The molecule has 0 spiro atoms. The number of ether oxygens (including phenoxy) is 1. The average molecular weight is 150 g/mol. The van der Waals surface area contributed by atoms with Crippen LogP contribution in [-0.2, 0) is 14.3 Å². The first-order valence-electron chi connectivity index (χ1n) is 2.63. The Kier molecular flexibility index (Phi) is 8.67. The zero-order chi connectivity index (χ0) is 7.98. The molecule has 4 nitrogen and oxygen atoms in total. The van der Waals surface area contributed by atoms with E-state index in [-0.39, 0.29) is 25.5 Å². The van der Waals surface area contributed by atoms with E-state index in [9.17, 15) is 14.7 Å². The molecule has 0 aliphatic rings. The minimum atomic E-state index is -1.44. The number of hydrogen-bond acceptors (Lipinski definition) is 4. The fourth-order valence-corrected chi connectivity index (χ4v) is 0.321. The molecule has 0 saturated heterocycles. The van der Waals surface area contributed by atoms with Crippen LogP contribution < -0.4 is 24.0 Å². The summed E-state index contributed by atoms with van der Waals surface area (Å²) in [5, 5.41) is 9.74. The third-order valence-corrected chi connectivity index (χ3v) is 0.651. The second-order valence-corrected chi connectivity index (χ2v) is 1.52. The second kappa shape index (κ2) is 7.39. The summed E-state index contributed by atoms with van der Waals surface area (Å²) in [7, 11) is 0. The smallest absolute Gasteiger partial charge is 0.550 e. The predicted octanol–water partition coefficient (Wildman–Crippen LogP) is -4.14. The normalized spacial score (nSPS) is 7.64. The maximum Gasteiger partial charge on any atom is 1.00 e. The molecule has 0 N–H and O–H groups in total. The molecule has 0 amide bonds. The SMILES string of the molecule is C=CCOC(=O)CC(=O)[O-].[Li+]. The molecule has 5 heteroatoms. The van der Waals surface area contributed by atoms with Crippen LogP contribution in [0, 0.1) is 0 Å². The van der Waals surface area contributed by atoms with Gasteiger partial charge in [0.25, 0.3) is 0 Å². The van der Waals surface area contributed by atoms with Crippen molar-refractivity contribution >= 4 is 11.9 Å². The van der Waals surface area contributed by atoms with Crippen molar-refractivity contribution in [1.82, 2.24) is 0 Å². The third-order valence-electron chi connectivity index (χ3n) is 0.651. The zero-order valence-electron chi connectivity index (χ0n) is 6.33. The van der Waals surface area contributed by atoms with E-state index in [1.807, 2.05) is 0 Å². The summed E-state index contributed by atoms with van der Waals surface area (Å²) in [5.41, 5.74) is 0. The van der Waals surface area contributed by atoms with Crippen molar-refractivity contribution < 1.29 is 38.3 Å².